The molecule has 0 aliphatic carbocycles. The molecular weight excluding hydrogens is 252 g/mol. The second kappa shape index (κ2) is 11.5. The Kier molecular flexibility index (Phi) is 11.4. The third kappa shape index (κ3) is 8.90. The summed E-state index contributed by atoms with van der Waals surface area (Å²) in [7, 11) is 3.53. The predicted octanol–water partition coefficient (Wildman–Crippen LogP) is 2.39. The Hall–Kier alpha value is -0.160. The van der Waals surface area contributed by atoms with Crippen LogP contribution in [0, 0.1) is 5.41 Å². The molecule has 0 aliphatic heterocycles. The van der Waals surface area contributed by atoms with Gasteiger partial charge in [0.2, 0.25) is 0 Å². The van der Waals surface area contributed by atoms with E-state index in [9.17, 15) is 0 Å². The zero-order valence-corrected chi connectivity index (χ0v) is 14.5. The van der Waals surface area contributed by atoms with Gasteiger partial charge in [-0.3, -0.25) is 0 Å². The van der Waals surface area contributed by atoms with Crippen LogP contribution in [0.25, 0.3) is 0 Å². The summed E-state index contributed by atoms with van der Waals surface area (Å²) in [6.07, 6.45) is 2.26. The van der Waals surface area contributed by atoms with Gasteiger partial charge >= 0.3 is 0 Å². The Labute approximate surface area is 126 Å². The molecule has 0 radical (unpaired) electrons. The zero-order valence-electron chi connectivity index (χ0n) is 14.5. The summed E-state index contributed by atoms with van der Waals surface area (Å²) in [6, 6.07) is 0.509. The number of rotatable bonds is 13. The zero-order chi connectivity index (χ0) is 15.4. The first kappa shape index (κ1) is 19.8. The van der Waals surface area contributed by atoms with Crippen LogP contribution < -0.4 is 5.32 Å². The third-order valence-electron chi connectivity index (χ3n) is 3.94. The average Bonchev–Trinajstić information content (AvgIpc) is 2.41. The van der Waals surface area contributed by atoms with Crippen molar-refractivity contribution in [2.75, 3.05) is 53.6 Å². The van der Waals surface area contributed by atoms with Crippen molar-refractivity contribution in [2.45, 2.75) is 46.6 Å². The van der Waals surface area contributed by atoms with Crippen LogP contribution >= 0.6 is 0 Å². The normalized spacial score (nSPS) is 13.9. The monoisotopic (exact) mass is 288 g/mol. The van der Waals surface area contributed by atoms with E-state index in [4.69, 9.17) is 9.47 Å². The number of ether oxygens (including phenoxy) is 2. The fourth-order valence-electron chi connectivity index (χ4n) is 2.27. The van der Waals surface area contributed by atoms with Crippen molar-refractivity contribution < 1.29 is 9.47 Å². The van der Waals surface area contributed by atoms with Crippen molar-refractivity contribution in [3.63, 3.8) is 0 Å². The lowest BCUT2D eigenvalue weighted by Gasteiger charge is -2.37. The maximum absolute atomic E-state index is 5.23. The topological polar surface area (TPSA) is 33.7 Å². The van der Waals surface area contributed by atoms with Crippen molar-refractivity contribution >= 4 is 0 Å². The quantitative estimate of drug-likeness (QED) is 0.528. The van der Waals surface area contributed by atoms with E-state index < -0.39 is 0 Å². The fraction of sp³-hybridized carbons (Fsp3) is 1.00. The first-order valence-electron chi connectivity index (χ1n) is 7.91. The summed E-state index contributed by atoms with van der Waals surface area (Å²) >= 11 is 0. The van der Waals surface area contributed by atoms with Gasteiger partial charge in [-0.25, -0.2) is 0 Å². The van der Waals surface area contributed by atoms with E-state index in [2.05, 4.69) is 37.9 Å². The second-order valence-electron chi connectivity index (χ2n) is 6.28. The van der Waals surface area contributed by atoms with Crippen molar-refractivity contribution in [3.8, 4) is 0 Å². The lowest BCUT2D eigenvalue weighted by atomic mass is 9.84. The summed E-state index contributed by atoms with van der Waals surface area (Å²) in [5.41, 5.74) is 0.246. The van der Waals surface area contributed by atoms with Gasteiger partial charge in [-0.1, -0.05) is 20.8 Å². The molecule has 0 aromatic heterocycles. The number of methoxy groups -OCH3 is 2. The van der Waals surface area contributed by atoms with Crippen LogP contribution in [0.1, 0.15) is 40.5 Å². The molecule has 4 heteroatoms. The number of hydrogen-bond donors (Lipinski definition) is 1. The first-order valence-corrected chi connectivity index (χ1v) is 7.91. The molecule has 1 unspecified atom stereocenters. The third-order valence-corrected chi connectivity index (χ3v) is 3.94. The largest absolute Gasteiger partial charge is 0.385 e. The Balaban J connectivity index is 4.34. The van der Waals surface area contributed by atoms with Gasteiger partial charge in [0.05, 0.1) is 6.61 Å². The fourth-order valence-corrected chi connectivity index (χ4v) is 2.27. The molecule has 0 heterocycles. The molecule has 0 fully saturated rings. The molecule has 0 saturated carbocycles. The van der Waals surface area contributed by atoms with Gasteiger partial charge in [0.15, 0.2) is 0 Å². The van der Waals surface area contributed by atoms with E-state index >= 15 is 0 Å². The van der Waals surface area contributed by atoms with Crippen LogP contribution in [-0.4, -0.2) is 64.6 Å². The minimum Gasteiger partial charge on any atom is -0.385 e. The molecule has 20 heavy (non-hydrogen) atoms. The summed E-state index contributed by atoms with van der Waals surface area (Å²) in [4.78, 5) is 2.49. The highest BCUT2D eigenvalue weighted by Gasteiger charge is 2.27. The second-order valence-corrected chi connectivity index (χ2v) is 6.28. The van der Waals surface area contributed by atoms with Crippen molar-refractivity contribution in [3.05, 3.63) is 0 Å². The van der Waals surface area contributed by atoms with Crippen LogP contribution in [0.5, 0.6) is 0 Å². The van der Waals surface area contributed by atoms with E-state index in [0.29, 0.717) is 6.04 Å². The minimum absolute atomic E-state index is 0.246. The highest BCUT2D eigenvalue weighted by atomic mass is 16.5. The number of nitrogens with zero attached hydrogens (tertiary/aromatic N) is 1. The van der Waals surface area contributed by atoms with Gasteiger partial charge < -0.3 is 19.7 Å². The molecule has 0 bridgehead atoms. The van der Waals surface area contributed by atoms with Crippen LogP contribution in [0.3, 0.4) is 0 Å². The van der Waals surface area contributed by atoms with E-state index in [0.717, 1.165) is 45.8 Å². The first-order chi connectivity index (χ1) is 9.47. The van der Waals surface area contributed by atoms with Gasteiger partial charge in [-0.05, 0) is 31.7 Å². The summed E-state index contributed by atoms with van der Waals surface area (Å²) < 4.78 is 10.4. The van der Waals surface area contributed by atoms with Crippen molar-refractivity contribution in [1.82, 2.24) is 10.2 Å². The van der Waals surface area contributed by atoms with Crippen molar-refractivity contribution in [1.29, 1.82) is 0 Å². The Bertz CT molecular complexity index is 223. The SMILES string of the molecule is CCCNC(C)C(C)(C)CN(CCCOC)CCOC. The molecule has 0 amide bonds. The molecule has 0 spiro atoms. The molecule has 0 saturated heterocycles. The Morgan fingerprint density at radius 2 is 1.75 bits per heavy atom. The van der Waals surface area contributed by atoms with Gasteiger partial charge in [0.1, 0.15) is 0 Å². The lowest BCUT2D eigenvalue weighted by molar-refractivity contribution is 0.0932. The highest BCUT2D eigenvalue weighted by molar-refractivity contribution is 4.84. The summed E-state index contributed by atoms with van der Waals surface area (Å²) in [6.45, 7) is 15.0. The predicted molar refractivity (Wildman–Crippen MR) is 86.3 cm³/mol. The summed E-state index contributed by atoms with van der Waals surface area (Å²) in [5, 5.41) is 3.62. The van der Waals surface area contributed by atoms with Crippen LogP contribution in [0.15, 0.2) is 0 Å². The smallest absolute Gasteiger partial charge is 0.0589 e. The van der Waals surface area contributed by atoms with Crippen molar-refractivity contribution in [2.24, 2.45) is 5.41 Å². The van der Waals surface area contributed by atoms with E-state index in [1.807, 2.05) is 0 Å². The van der Waals surface area contributed by atoms with E-state index in [1.165, 1.54) is 6.42 Å². The molecule has 122 valence electrons. The number of nitrogens with one attached hydrogen (secondary N) is 1. The minimum atomic E-state index is 0.246. The maximum atomic E-state index is 5.23. The molecule has 4 nitrogen and oxygen atoms in total. The average molecular weight is 288 g/mol. The van der Waals surface area contributed by atoms with Gasteiger partial charge in [0.25, 0.3) is 0 Å². The van der Waals surface area contributed by atoms with Gasteiger partial charge in [-0.15, -0.1) is 0 Å². The standard InChI is InChI=1S/C16H36N2O2/c1-7-9-17-15(2)16(3,4)14-18(11-13-20-6)10-8-12-19-5/h15,17H,7-14H2,1-6H3. The molecule has 0 aliphatic rings. The van der Waals surface area contributed by atoms with E-state index in [1.54, 1.807) is 14.2 Å². The molecular formula is C16H36N2O2. The van der Waals surface area contributed by atoms with Crippen LogP contribution in [0.2, 0.25) is 0 Å². The van der Waals surface area contributed by atoms with Crippen LogP contribution in [0.4, 0.5) is 0 Å². The van der Waals surface area contributed by atoms with Crippen LogP contribution in [-0.2, 0) is 9.47 Å². The van der Waals surface area contributed by atoms with Gasteiger partial charge in [-0.2, -0.15) is 0 Å². The highest BCUT2D eigenvalue weighted by Crippen LogP contribution is 2.22. The Morgan fingerprint density at radius 3 is 2.30 bits per heavy atom. The Morgan fingerprint density at radius 1 is 1.10 bits per heavy atom. The molecule has 1 N–H and O–H groups in total. The van der Waals surface area contributed by atoms with E-state index in [-0.39, 0.29) is 5.41 Å². The summed E-state index contributed by atoms with van der Waals surface area (Å²) in [5.74, 6) is 0. The molecule has 0 aromatic rings. The van der Waals surface area contributed by atoms with Gasteiger partial charge in [0, 0.05) is 46.5 Å². The maximum Gasteiger partial charge on any atom is 0.0589 e. The molecule has 0 aromatic carbocycles. The molecule has 1 atom stereocenters. The number of hydrogen-bond acceptors (Lipinski definition) is 4. The lowest BCUT2D eigenvalue weighted by Crippen LogP contribution is -2.48. The molecule has 0 rings (SSSR count).